The maximum Gasteiger partial charge on any atom is 0.305 e. The Kier molecular flexibility index (Phi) is 5.96. The highest BCUT2D eigenvalue weighted by Gasteiger charge is 1.90. The van der Waals surface area contributed by atoms with E-state index in [1.54, 1.807) is 0 Å². The van der Waals surface area contributed by atoms with Crippen LogP contribution in [-0.4, -0.2) is 12.1 Å². The number of carbonyl (C=O) groups excluding carboxylic acids is 1. The molecule has 54 valence electrons. The van der Waals surface area contributed by atoms with E-state index >= 15 is 0 Å². The van der Waals surface area contributed by atoms with Gasteiger partial charge in [-0.2, -0.15) is 0 Å². The van der Waals surface area contributed by atoms with E-state index in [2.05, 4.69) is 6.92 Å². The van der Waals surface area contributed by atoms with Gasteiger partial charge in [0.05, 0.1) is 8.81 Å². The summed E-state index contributed by atoms with van der Waals surface area (Å²) < 4.78 is 4.73. The van der Waals surface area contributed by atoms with E-state index in [-0.39, 0.29) is 5.97 Å². The second kappa shape index (κ2) is 6.03. The second-order valence-corrected chi connectivity index (χ2v) is 2.83. The number of rotatable bonds is 4. The zero-order valence-electron chi connectivity index (χ0n) is 5.94. The summed E-state index contributed by atoms with van der Waals surface area (Å²) in [4.78, 5) is 10.2. The largest absolute Gasteiger partial charge is 0.448 e. The molecule has 0 N–H and O–H groups in total. The molecule has 0 radical (unpaired) electrons. The first-order chi connectivity index (χ1) is 4.27. The standard InChI is InChI=1S/C6H13O2P/c1-3-4-5-9-8-6(2)7/h9H,3-5H2,1-2H3. The molecule has 3 heteroatoms. The van der Waals surface area contributed by atoms with E-state index in [9.17, 15) is 4.79 Å². The quantitative estimate of drug-likeness (QED) is 0.450. The topological polar surface area (TPSA) is 26.3 Å². The summed E-state index contributed by atoms with van der Waals surface area (Å²) in [5.41, 5.74) is 0. The average Bonchev–Trinajstić information content (AvgIpc) is 1.80. The van der Waals surface area contributed by atoms with Gasteiger partial charge < -0.3 is 4.52 Å². The molecular weight excluding hydrogens is 135 g/mol. The summed E-state index contributed by atoms with van der Waals surface area (Å²) in [5.74, 6) is -0.163. The third-order valence-electron chi connectivity index (χ3n) is 0.848. The van der Waals surface area contributed by atoms with Crippen LogP contribution in [0.2, 0.25) is 0 Å². The zero-order chi connectivity index (χ0) is 7.11. The third-order valence-corrected chi connectivity index (χ3v) is 1.84. The van der Waals surface area contributed by atoms with E-state index in [0.717, 1.165) is 12.6 Å². The third kappa shape index (κ3) is 7.90. The molecule has 0 fully saturated rings. The van der Waals surface area contributed by atoms with Gasteiger partial charge in [0, 0.05) is 13.1 Å². The summed E-state index contributed by atoms with van der Waals surface area (Å²) >= 11 is 0. The molecule has 2 nitrogen and oxygen atoms in total. The molecule has 1 unspecified atom stereocenters. The molecule has 0 aromatic heterocycles. The zero-order valence-corrected chi connectivity index (χ0v) is 6.94. The van der Waals surface area contributed by atoms with Crippen molar-refractivity contribution in [2.24, 2.45) is 0 Å². The van der Waals surface area contributed by atoms with Crippen LogP contribution in [0, 0.1) is 0 Å². The first-order valence-corrected chi connectivity index (χ1v) is 4.29. The number of carbonyl (C=O) groups is 1. The van der Waals surface area contributed by atoms with Crippen molar-refractivity contribution in [2.75, 3.05) is 6.16 Å². The Morgan fingerprint density at radius 2 is 2.33 bits per heavy atom. The summed E-state index contributed by atoms with van der Waals surface area (Å²) in [6, 6.07) is 0. The molecule has 0 heterocycles. The lowest BCUT2D eigenvalue weighted by Gasteiger charge is -1.97. The van der Waals surface area contributed by atoms with Gasteiger partial charge in [0.2, 0.25) is 0 Å². The van der Waals surface area contributed by atoms with E-state index in [0.29, 0.717) is 8.81 Å². The van der Waals surface area contributed by atoms with Gasteiger partial charge in [-0.25, -0.2) is 0 Å². The maximum absolute atomic E-state index is 10.2. The number of unbranched alkanes of at least 4 members (excludes halogenated alkanes) is 1. The molecule has 0 aliphatic heterocycles. The Morgan fingerprint density at radius 1 is 1.67 bits per heavy atom. The Labute approximate surface area is 57.8 Å². The van der Waals surface area contributed by atoms with Crippen LogP contribution >= 0.6 is 8.81 Å². The minimum Gasteiger partial charge on any atom is -0.448 e. The first-order valence-electron chi connectivity index (χ1n) is 3.17. The molecule has 0 spiro atoms. The Hall–Kier alpha value is -0.100. The SMILES string of the molecule is CCCCPOC(C)=O. The lowest BCUT2D eigenvalue weighted by Crippen LogP contribution is -1.88. The van der Waals surface area contributed by atoms with Crippen LogP contribution in [0.5, 0.6) is 0 Å². The highest BCUT2D eigenvalue weighted by atomic mass is 31.1. The van der Waals surface area contributed by atoms with Crippen molar-refractivity contribution in [1.82, 2.24) is 0 Å². The van der Waals surface area contributed by atoms with E-state index in [4.69, 9.17) is 4.52 Å². The molecule has 0 rings (SSSR count). The van der Waals surface area contributed by atoms with Crippen molar-refractivity contribution in [3.63, 3.8) is 0 Å². The molecule has 0 amide bonds. The van der Waals surface area contributed by atoms with Crippen LogP contribution in [0.3, 0.4) is 0 Å². The van der Waals surface area contributed by atoms with Gasteiger partial charge in [0.15, 0.2) is 0 Å². The Morgan fingerprint density at radius 3 is 2.78 bits per heavy atom. The van der Waals surface area contributed by atoms with Crippen molar-refractivity contribution < 1.29 is 9.32 Å². The predicted octanol–water partition coefficient (Wildman–Crippen LogP) is 1.94. The predicted molar refractivity (Wildman–Crippen MR) is 39.9 cm³/mol. The Balaban J connectivity index is 2.83. The van der Waals surface area contributed by atoms with E-state index < -0.39 is 0 Å². The summed E-state index contributed by atoms with van der Waals surface area (Å²) in [5, 5.41) is 0. The first kappa shape index (κ1) is 8.90. The second-order valence-electron chi connectivity index (χ2n) is 1.84. The molecule has 0 aliphatic carbocycles. The fourth-order valence-corrected chi connectivity index (χ4v) is 1.20. The van der Waals surface area contributed by atoms with Gasteiger partial charge in [-0.1, -0.05) is 13.3 Å². The van der Waals surface area contributed by atoms with Crippen LogP contribution < -0.4 is 0 Å². The smallest absolute Gasteiger partial charge is 0.305 e. The average molecular weight is 148 g/mol. The van der Waals surface area contributed by atoms with Crippen molar-refractivity contribution in [1.29, 1.82) is 0 Å². The van der Waals surface area contributed by atoms with Gasteiger partial charge in [0.25, 0.3) is 0 Å². The van der Waals surface area contributed by atoms with Crippen LogP contribution in [0.15, 0.2) is 0 Å². The molecule has 0 aromatic carbocycles. The number of hydrogen-bond acceptors (Lipinski definition) is 2. The van der Waals surface area contributed by atoms with Crippen LogP contribution in [0.4, 0.5) is 0 Å². The van der Waals surface area contributed by atoms with Crippen molar-refractivity contribution in [3.05, 3.63) is 0 Å². The molecule has 9 heavy (non-hydrogen) atoms. The van der Waals surface area contributed by atoms with E-state index in [1.807, 2.05) is 0 Å². The van der Waals surface area contributed by atoms with Crippen LogP contribution in [0.25, 0.3) is 0 Å². The van der Waals surface area contributed by atoms with Gasteiger partial charge in [-0.15, -0.1) is 0 Å². The Bertz CT molecular complexity index is 83.1. The van der Waals surface area contributed by atoms with Gasteiger partial charge in [-0.05, 0) is 6.42 Å². The minimum absolute atomic E-state index is 0.163. The highest BCUT2D eigenvalue weighted by molar-refractivity contribution is 7.32. The molecular formula is C6H13O2P. The summed E-state index contributed by atoms with van der Waals surface area (Å²) in [6.07, 6.45) is 3.36. The fraction of sp³-hybridized carbons (Fsp3) is 0.833. The molecule has 0 bridgehead atoms. The molecule has 0 saturated heterocycles. The van der Waals surface area contributed by atoms with Crippen molar-refractivity contribution in [3.8, 4) is 0 Å². The van der Waals surface area contributed by atoms with Crippen molar-refractivity contribution >= 4 is 14.8 Å². The highest BCUT2D eigenvalue weighted by Crippen LogP contribution is 2.13. The normalized spacial score (nSPS) is 10.4. The molecule has 0 aliphatic rings. The molecule has 1 atom stereocenters. The summed E-state index contributed by atoms with van der Waals surface area (Å²) in [7, 11) is 0.370. The van der Waals surface area contributed by atoms with Gasteiger partial charge in [-0.3, -0.25) is 4.79 Å². The molecule has 0 aromatic rings. The lowest BCUT2D eigenvalue weighted by atomic mass is 10.4. The van der Waals surface area contributed by atoms with E-state index in [1.165, 1.54) is 13.3 Å². The maximum atomic E-state index is 10.2. The minimum atomic E-state index is -0.163. The van der Waals surface area contributed by atoms with Crippen LogP contribution in [0.1, 0.15) is 26.7 Å². The van der Waals surface area contributed by atoms with Gasteiger partial charge in [0.1, 0.15) is 0 Å². The van der Waals surface area contributed by atoms with Crippen LogP contribution in [-0.2, 0) is 9.32 Å². The van der Waals surface area contributed by atoms with Crippen molar-refractivity contribution in [2.45, 2.75) is 26.7 Å². The fourth-order valence-electron chi connectivity index (χ4n) is 0.402. The number of hydrogen-bond donors (Lipinski definition) is 0. The molecule has 0 saturated carbocycles. The van der Waals surface area contributed by atoms with Gasteiger partial charge >= 0.3 is 5.97 Å². The lowest BCUT2D eigenvalue weighted by molar-refractivity contribution is -0.130. The monoisotopic (exact) mass is 148 g/mol. The summed E-state index contributed by atoms with van der Waals surface area (Å²) in [6.45, 7) is 3.57.